The monoisotopic (exact) mass is 795 g/mol. The average Bonchev–Trinajstić information content (AvgIpc) is 3.42. The molecule has 1 aromatic carbocycles. The van der Waals surface area contributed by atoms with E-state index in [1.54, 1.807) is 21.0 Å². The molecule has 0 aromatic heterocycles. The molecular formula is C47H70ClNO7. The van der Waals surface area contributed by atoms with Crippen molar-refractivity contribution in [2.45, 2.75) is 145 Å². The van der Waals surface area contributed by atoms with Gasteiger partial charge in [0.15, 0.2) is 5.78 Å². The normalized spacial score (nSPS) is 35.8. The Morgan fingerprint density at radius 3 is 2.25 bits per heavy atom. The summed E-state index contributed by atoms with van der Waals surface area (Å²) in [6.07, 6.45) is 7.01. The highest BCUT2D eigenvalue weighted by molar-refractivity contribution is 6.30. The maximum atomic E-state index is 14.3. The number of benzene rings is 1. The van der Waals surface area contributed by atoms with E-state index in [9.17, 15) is 24.6 Å². The van der Waals surface area contributed by atoms with E-state index in [1.807, 2.05) is 24.3 Å². The lowest BCUT2D eigenvalue weighted by Crippen LogP contribution is -2.66. The van der Waals surface area contributed by atoms with E-state index in [0.717, 1.165) is 62.5 Å². The number of carbonyl (C=O) groups is 3. The number of halogens is 1. The number of ether oxygens (including phenoxy) is 2. The first kappa shape index (κ1) is 43.3. The van der Waals surface area contributed by atoms with Gasteiger partial charge < -0.3 is 19.7 Å². The number of ketones is 1. The second-order valence-electron chi connectivity index (χ2n) is 20.9. The third-order valence-corrected chi connectivity index (χ3v) is 17.1. The van der Waals surface area contributed by atoms with Crippen molar-refractivity contribution in [3.63, 3.8) is 0 Å². The van der Waals surface area contributed by atoms with Crippen LogP contribution in [0.3, 0.4) is 0 Å². The zero-order valence-corrected chi connectivity index (χ0v) is 36.7. The van der Waals surface area contributed by atoms with Gasteiger partial charge in [-0.3, -0.25) is 19.3 Å². The van der Waals surface area contributed by atoms with Gasteiger partial charge in [-0.15, -0.1) is 0 Å². The molecule has 0 amide bonds. The molecule has 2 N–H and O–H groups in total. The van der Waals surface area contributed by atoms with E-state index in [0.29, 0.717) is 49.5 Å². The Morgan fingerprint density at radius 1 is 0.946 bits per heavy atom. The minimum Gasteiger partial charge on any atom is -0.481 e. The predicted molar refractivity (Wildman–Crippen MR) is 220 cm³/mol. The highest BCUT2D eigenvalue weighted by atomic mass is 35.5. The average molecular weight is 797 g/mol. The number of aliphatic hydroxyl groups is 1. The number of carboxylic acid groups (broad SMARTS) is 1. The standard InChI is InChI=1S/C47H70ClNO7/c1-29(2)39-33(50)25-47(36(51)28-49(23-24-55-10)27-30-11-13-31(48)14-12-30)22-21-45(8)32(40(39)47)15-16-35-44(7)19-18-37(56-38(52)26-42(3,4)41(53)54)43(5,6)34(44)17-20-46(35,45)9/h11-14,29,32,34-37,51H,15-28H2,1-10H3,(H,53,54)/t32?,34-,35?,36?,37-,44-,45+,46+,47-/m0/s1. The van der Waals surface area contributed by atoms with E-state index >= 15 is 0 Å². The highest BCUT2D eigenvalue weighted by Gasteiger charge is 2.71. The number of rotatable bonds is 13. The molecule has 0 bridgehead atoms. The number of nitrogens with zero attached hydrogens (tertiary/aromatic N) is 1. The van der Waals surface area contributed by atoms with Crippen LogP contribution in [0.15, 0.2) is 35.4 Å². The Hall–Kier alpha value is -2.26. The van der Waals surface area contributed by atoms with E-state index in [4.69, 9.17) is 21.1 Å². The lowest BCUT2D eigenvalue weighted by Gasteiger charge is -2.72. The molecule has 9 atom stereocenters. The van der Waals surface area contributed by atoms with Crippen LogP contribution in [0.1, 0.15) is 132 Å². The molecule has 312 valence electrons. The molecule has 0 saturated heterocycles. The van der Waals surface area contributed by atoms with E-state index in [-0.39, 0.29) is 51.8 Å². The van der Waals surface area contributed by atoms with Gasteiger partial charge in [0.2, 0.25) is 0 Å². The number of Topliss-reactive ketones (excluding diaryl/α,β-unsaturated/α-hetero) is 1. The Morgan fingerprint density at radius 2 is 1.62 bits per heavy atom. The minimum absolute atomic E-state index is 0.0309. The highest BCUT2D eigenvalue weighted by Crippen LogP contribution is 2.77. The van der Waals surface area contributed by atoms with Gasteiger partial charge in [0, 0.05) is 49.0 Å². The van der Waals surface area contributed by atoms with Crippen LogP contribution in [0.4, 0.5) is 0 Å². The topological polar surface area (TPSA) is 113 Å². The number of methoxy groups -OCH3 is 1. The molecule has 9 heteroatoms. The maximum Gasteiger partial charge on any atom is 0.309 e. The number of esters is 1. The molecule has 0 heterocycles. The predicted octanol–water partition coefficient (Wildman–Crippen LogP) is 9.54. The number of aliphatic hydroxyl groups excluding tert-OH is 1. The van der Waals surface area contributed by atoms with Gasteiger partial charge in [0.1, 0.15) is 6.10 Å². The number of carboxylic acids is 1. The first-order valence-electron chi connectivity index (χ1n) is 21.4. The van der Waals surface area contributed by atoms with Crippen molar-refractivity contribution in [3.05, 3.63) is 46.0 Å². The summed E-state index contributed by atoms with van der Waals surface area (Å²) in [6.45, 7) is 22.0. The number of aliphatic carboxylic acids is 1. The summed E-state index contributed by atoms with van der Waals surface area (Å²) < 4.78 is 11.7. The van der Waals surface area contributed by atoms with Crippen LogP contribution < -0.4 is 0 Å². The van der Waals surface area contributed by atoms with E-state index < -0.39 is 28.9 Å². The molecule has 8 nitrogen and oxygen atoms in total. The van der Waals surface area contributed by atoms with Crippen LogP contribution in [0.2, 0.25) is 5.02 Å². The molecule has 56 heavy (non-hydrogen) atoms. The molecule has 1 aromatic rings. The second kappa shape index (κ2) is 15.4. The summed E-state index contributed by atoms with van der Waals surface area (Å²) in [5, 5.41) is 22.9. The zero-order chi connectivity index (χ0) is 41.2. The fraction of sp³-hybridized carbons (Fsp3) is 0.766. The third kappa shape index (κ3) is 7.12. The number of carbonyl (C=O) groups excluding carboxylic acids is 2. The quantitative estimate of drug-likeness (QED) is 0.190. The van der Waals surface area contributed by atoms with Crippen molar-refractivity contribution in [2.75, 3.05) is 26.8 Å². The van der Waals surface area contributed by atoms with Gasteiger partial charge in [-0.05, 0) is 128 Å². The fourth-order valence-corrected chi connectivity index (χ4v) is 13.8. The molecule has 4 saturated carbocycles. The van der Waals surface area contributed by atoms with Crippen LogP contribution >= 0.6 is 11.6 Å². The van der Waals surface area contributed by atoms with Gasteiger partial charge in [-0.2, -0.15) is 0 Å². The summed E-state index contributed by atoms with van der Waals surface area (Å²) in [7, 11) is 1.71. The molecule has 5 aliphatic rings. The van der Waals surface area contributed by atoms with Crippen molar-refractivity contribution >= 4 is 29.3 Å². The van der Waals surface area contributed by atoms with Crippen LogP contribution in [-0.2, 0) is 30.4 Å². The Bertz CT molecular complexity index is 1700. The van der Waals surface area contributed by atoms with Gasteiger partial charge in [0.25, 0.3) is 0 Å². The van der Waals surface area contributed by atoms with Crippen LogP contribution in [-0.4, -0.2) is 71.8 Å². The Labute approximate surface area is 341 Å². The zero-order valence-electron chi connectivity index (χ0n) is 35.9. The van der Waals surface area contributed by atoms with Crippen LogP contribution in [0.25, 0.3) is 0 Å². The number of hydrogen-bond acceptors (Lipinski definition) is 7. The molecule has 0 radical (unpaired) electrons. The van der Waals surface area contributed by atoms with Crippen molar-refractivity contribution < 1.29 is 34.1 Å². The van der Waals surface area contributed by atoms with Crippen LogP contribution in [0.5, 0.6) is 0 Å². The SMILES string of the molecule is COCCN(Cc1ccc(Cl)cc1)CC(O)[C@@]12CC[C@]3(C)C(CCC4[C@@]5(C)CC[C@H](OC(=O)CC(C)(C)C(=O)O)C(C)(C)[C@@H]5CC[C@]43C)C1=C(C(C)C)C(=O)C2. The van der Waals surface area contributed by atoms with E-state index in [1.165, 1.54) is 5.57 Å². The maximum absolute atomic E-state index is 14.3. The van der Waals surface area contributed by atoms with Crippen LogP contribution in [0, 0.1) is 56.2 Å². The van der Waals surface area contributed by atoms with Crippen molar-refractivity contribution in [2.24, 2.45) is 56.2 Å². The molecule has 3 unspecified atom stereocenters. The number of hydrogen-bond donors (Lipinski definition) is 2. The summed E-state index contributed by atoms with van der Waals surface area (Å²) in [6, 6.07) is 7.90. The third-order valence-electron chi connectivity index (χ3n) is 16.9. The van der Waals surface area contributed by atoms with Gasteiger partial charge in [-0.1, -0.05) is 77.8 Å². The minimum atomic E-state index is -1.17. The lowest BCUT2D eigenvalue weighted by molar-refractivity contribution is -0.235. The first-order valence-corrected chi connectivity index (χ1v) is 21.8. The number of fused-ring (bicyclic) bond motifs is 7. The fourth-order valence-electron chi connectivity index (χ4n) is 13.6. The van der Waals surface area contributed by atoms with Crippen molar-refractivity contribution in [3.8, 4) is 0 Å². The number of allylic oxidation sites excluding steroid dienone is 1. The molecular weight excluding hydrogens is 726 g/mol. The summed E-state index contributed by atoms with van der Waals surface area (Å²) >= 11 is 6.21. The van der Waals surface area contributed by atoms with Crippen molar-refractivity contribution in [1.29, 1.82) is 0 Å². The summed E-state index contributed by atoms with van der Waals surface area (Å²) in [5.41, 5.74) is 1.43. The molecule has 6 rings (SSSR count). The van der Waals surface area contributed by atoms with Gasteiger partial charge in [0.05, 0.1) is 24.5 Å². The molecule has 0 aliphatic heterocycles. The summed E-state index contributed by atoms with van der Waals surface area (Å²) in [5.74, 6) is -0.0515. The molecule has 5 aliphatic carbocycles. The van der Waals surface area contributed by atoms with Gasteiger partial charge in [-0.25, -0.2) is 0 Å². The van der Waals surface area contributed by atoms with E-state index in [2.05, 4.69) is 53.4 Å². The second-order valence-corrected chi connectivity index (χ2v) is 21.4. The summed E-state index contributed by atoms with van der Waals surface area (Å²) in [4.78, 5) is 41.5. The Balaban J connectivity index is 1.28. The Kier molecular flexibility index (Phi) is 11.9. The molecule has 4 fully saturated rings. The molecule has 0 spiro atoms. The first-order chi connectivity index (χ1) is 26.1. The van der Waals surface area contributed by atoms with Gasteiger partial charge >= 0.3 is 11.9 Å². The smallest absolute Gasteiger partial charge is 0.309 e. The largest absolute Gasteiger partial charge is 0.481 e. The van der Waals surface area contributed by atoms with Crippen molar-refractivity contribution in [1.82, 2.24) is 4.90 Å². The lowest BCUT2D eigenvalue weighted by atomic mass is 9.33.